The summed E-state index contributed by atoms with van der Waals surface area (Å²) in [6.45, 7) is 3.18. The van der Waals surface area contributed by atoms with Crippen molar-refractivity contribution in [1.82, 2.24) is 10.2 Å². The highest BCUT2D eigenvalue weighted by atomic mass is 35.5. The van der Waals surface area contributed by atoms with Crippen LogP contribution in [0.2, 0.25) is 15.1 Å². The highest BCUT2D eigenvalue weighted by Gasteiger charge is 2.30. The molecule has 0 saturated carbocycles. The maximum Gasteiger partial charge on any atom is 0.244 e. The number of carbonyl (C=O) groups is 2. The number of anilines is 1. The number of sulfonamides is 1. The average molecular weight is 521 g/mol. The van der Waals surface area contributed by atoms with Crippen LogP contribution >= 0.6 is 34.8 Å². The van der Waals surface area contributed by atoms with Crippen LogP contribution in [-0.2, 0) is 26.2 Å². The summed E-state index contributed by atoms with van der Waals surface area (Å²) in [5.41, 5.74) is 0.761. The van der Waals surface area contributed by atoms with Gasteiger partial charge in [0, 0.05) is 28.2 Å². The fourth-order valence-electron chi connectivity index (χ4n) is 3.01. The van der Waals surface area contributed by atoms with Gasteiger partial charge < -0.3 is 10.2 Å². The molecule has 174 valence electrons. The van der Waals surface area contributed by atoms with Crippen molar-refractivity contribution in [2.45, 2.75) is 26.4 Å². The lowest BCUT2D eigenvalue weighted by Crippen LogP contribution is -2.51. The van der Waals surface area contributed by atoms with E-state index in [1.54, 1.807) is 38.1 Å². The van der Waals surface area contributed by atoms with E-state index in [4.69, 9.17) is 34.8 Å². The molecule has 2 amide bonds. The number of nitrogens with zero attached hydrogens (tertiary/aromatic N) is 2. The van der Waals surface area contributed by atoms with E-state index in [2.05, 4.69) is 5.32 Å². The molecule has 0 saturated heterocycles. The van der Waals surface area contributed by atoms with Crippen LogP contribution in [0.25, 0.3) is 0 Å². The zero-order valence-electron chi connectivity index (χ0n) is 17.8. The summed E-state index contributed by atoms with van der Waals surface area (Å²) in [5.74, 6) is -0.963. The second kappa shape index (κ2) is 11.2. The standard InChI is InChI=1S/C21H24Cl3N3O4S/c1-4-25-21(29)14(2)26(12-15-7-5-6-8-19(15)24)20(28)13-27(32(3,30)31)18-10-16(22)9-17(23)11-18/h5-11,14H,4,12-13H2,1-3H3,(H,25,29)/t14-/m1/s1. The van der Waals surface area contributed by atoms with Crippen LogP contribution in [0.15, 0.2) is 42.5 Å². The molecule has 7 nitrogen and oxygen atoms in total. The first kappa shape index (κ1) is 26.3. The van der Waals surface area contributed by atoms with E-state index in [1.807, 2.05) is 0 Å². The molecule has 0 fully saturated rings. The summed E-state index contributed by atoms with van der Waals surface area (Å²) in [4.78, 5) is 27.1. The molecule has 11 heteroatoms. The summed E-state index contributed by atoms with van der Waals surface area (Å²) in [7, 11) is -3.88. The Morgan fingerprint density at radius 3 is 2.19 bits per heavy atom. The van der Waals surface area contributed by atoms with Gasteiger partial charge in [-0.3, -0.25) is 13.9 Å². The Labute approximate surface area is 203 Å². The Balaban J connectivity index is 2.43. The highest BCUT2D eigenvalue weighted by molar-refractivity contribution is 7.92. The van der Waals surface area contributed by atoms with Crippen molar-refractivity contribution >= 4 is 62.3 Å². The molecule has 0 spiro atoms. The Bertz CT molecular complexity index is 1080. The minimum absolute atomic E-state index is 0.0186. The molecule has 2 aromatic rings. The second-order valence-corrected chi connectivity index (χ2v) is 10.3. The molecule has 0 unspecified atom stereocenters. The largest absolute Gasteiger partial charge is 0.355 e. The number of likely N-dealkylation sites (N-methyl/N-ethyl adjacent to an activating group) is 1. The van der Waals surface area contributed by atoms with Gasteiger partial charge in [-0.15, -0.1) is 0 Å². The van der Waals surface area contributed by atoms with Crippen molar-refractivity contribution in [2.75, 3.05) is 23.7 Å². The summed E-state index contributed by atoms with van der Waals surface area (Å²) in [6, 6.07) is 10.3. The SMILES string of the molecule is CCNC(=O)[C@@H](C)N(Cc1ccccc1Cl)C(=O)CN(c1cc(Cl)cc(Cl)c1)S(C)(=O)=O. The highest BCUT2D eigenvalue weighted by Crippen LogP contribution is 2.27. The quantitative estimate of drug-likeness (QED) is 0.542. The van der Waals surface area contributed by atoms with Crippen molar-refractivity contribution in [3.8, 4) is 0 Å². The fourth-order valence-corrected chi connectivity index (χ4v) is 4.56. The zero-order valence-corrected chi connectivity index (χ0v) is 20.9. The lowest BCUT2D eigenvalue weighted by atomic mass is 10.1. The minimum Gasteiger partial charge on any atom is -0.355 e. The Morgan fingerprint density at radius 1 is 1.06 bits per heavy atom. The smallest absolute Gasteiger partial charge is 0.244 e. The summed E-state index contributed by atoms with van der Waals surface area (Å²) >= 11 is 18.3. The average Bonchev–Trinajstić information content (AvgIpc) is 2.69. The fraction of sp³-hybridized carbons (Fsp3) is 0.333. The number of hydrogen-bond donors (Lipinski definition) is 1. The molecule has 0 heterocycles. The van der Waals surface area contributed by atoms with Crippen molar-refractivity contribution < 1.29 is 18.0 Å². The number of rotatable bonds is 9. The van der Waals surface area contributed by atoms with Gasteiger partial charge in [0.2, 0.25) is 21.8 Å². The number of amides is 2. The molecular formula is C21H24Cl3N3O4S. The van der Waals surface area contributed by atoms with Gasteiger partial charge in [-0.1, -0.05) is 53.0 Å². The number of hydrogen-bond acceptors (Lipinski definition) is 4. The number of halogens is 3. The van der Waals surface area contributed by atoms with Crippen LogP contribution < -0.4 is 9.62 Å². The van der Waals surface area contributed by atoms with E-state index < -0.39 is 28.5 Å². The topological polar surface area (TPSA) is 86.8 Å². The molecule has 0 aromatic heterocycles. The number of nitrogens with one attached hydrogen (secondary N) is 1. The third-order valence-corrected chi connectivity index (χ3v) is 6.58. The molecule has 32 heavy (non-hydrogen) atoms. The van der Waals surface area contributed by atoms with Crippen molar-refractivity contribution in [3.63, 3.8) is 0 Å². The molecule has 2 rings (SSSR count). The van der Waals surface area contributed by atoms with Gasteiger partial charge in [-0.2, -0.15) is 0 Å². The van der Waals surface area contributed by atoms with E-state index in [0.29, 0.717) is 17.1 Å². The molecular weight excluding hydrogens is 497 g/mol. The molecule has 0 aliphatic carbocycles. The maximum absolute atomic E-state index is 13.3. The zero-order chi connectivity index (χ0) is 24.1. The third-order valence-electron chi connectivity index (χ3n) is 4.63. The predicted molar refractivity (Wildman–Crippen MR) is 129 cm³/mol. The Kier molecular flexibility index (Phi) is 9.21. The van der Waals surface area contributed by atoms with Gasteiger partial charge in [0.05, 0.1) is 11.9 Å². The molecule has 0 aliphatic rings. The van der Waals surface area contributed by atoms with Crippen LogP contribution in [0.3, 0.4) is 0 Å². The molecule has 1 atom stereocenters. The lowest BCUT2D eigenvalue weighted by molar-refractivity contribution is -0.139. The molecule has 1 N–H and O–H groups in total. The van der Waals surface area contributed by atoms with Gasteiger partial charge in [-0.25, -0.2) is 8.42 Å². The second-order valence-electron chi connectivity index (χ2n) is 7.08. The first-order chi connectivity index (χ1) is 14.9. The number of benzene rings is 2. The monoisotopic (exact) mass is 519 g/mol. The van der Waals surface area contributed by atoms with Crippen LogP contribution in [0, 0.1) is 0 Å². The van der Waals surface area contributed by atoms with Crippen molar-refractivity contribution in [1.29, 1.82) is 0 Å². The van der Waals surface area contributed by atoms with Crippen LogP contribution in [0.5, 0.6) is 0 Å². The normalized spacial score (nSPS) is 12.2. The minimum atomic E-state index is -3.88. The van der Waals surface area contributed by atoms with E-state index in [-0.39, 0.29) is 28.2 Å². The number of carbonyl (C=O) groups excluding carboxylic acids is 2. The Hall–Kier alpha value is -2.00. The first-order valence-corrected chi connectivity index (χ1v) is 12.7. The lowest BCUT2D eigenvalue weighted by Gasteiger charge is -2.31. The third kappa shape index (κ3) is 7.00. The van der Waals surface area contributed by atoms with Crippen LogP contribution in [0.1, 0.15) is 19.4 Å². The van der Waals surface area contributed by atoms with Gasteiger partial charge in [0.25, 0.3) is 0 Å². The Morgan fingerprint density at radius 2 is 1.66 bits per heavy atom. The first-order valence-electron chi connectivity index (χ1n) is 9.68. The summed E-state index contributed by atoms with van der Waals surface area (Å²) in [5, 5.41) is 3.54. The van der Waals surface area contributed by atoms with E-state index >= 15 is 0 Å². The van der Waals surface area contributed by atoms with Gasteiger partial charge in [-0.05, 0) is 43.7 Å². The van der Waals surface area contributed by atoms with Gasteiger partial charge in [0.1, 0.15) is 12.6 Å². The molecule has 0 bridgehead atoms. The van der Waals surface area contributed by atoms with Gasteiger partial charge >= 0.3 is 0 Å². The summed E-state index contributed by atoms with van der Waals surface area (Å²) < 4.78 is 25.9. The summed E-state index contributed by atoms with van der Waals surface area (Å²) in [6.07, 6.45) is 0.973. The van der Waals surface area contributed by atoms with Gasteiger partial charge in [0.15, 0.2) is 0 Å². The van der Waals surface area contributed by atoms with Crippen LogP contribution in [0.4, 0.5) is 5.69 Å². The van der Waals surface area contributed by atoms with Crippen LogP contribution in [-0.4, -0.2) is 50.5 Å². The van der Waals surface area contributed by atoms with E-state index in [9.17, 15) is 18.0 Å². The molecule has 2 aromatic carbocycles. The van der Waals surface area contributed by atoms with Crippen molar-refractivity contribution in [3.05, 3.63) is 63.1 Å². The predicted octanol–water partition coefficient (Wildman–Crippen LogP) is 3.97. The molecule has 0 radical (unpaired) electrons. The van der Waals surface area contributed by atoms with E-state index in [0.717, 1.165) is 10.6 Å². The van der Waals surface area contributed by atoms with Crippen molar-refractivity contribution in [2.24, 2.45) is 0 Å². The molecule has 0 aliphatic heterocycles. The van der Waals surface area contributed by atoms with E-state index in [1.165, 1.54) is 23.1 Å². The maximum atomic E-state index is 13.3.